The van der Waals surface area contributed by atoms with Crippen LogP contribution in [0.25, 0.3) is 0 Å². The van der Waals surface area contributed by atoms with Crippen molar-refractivity contribution in [2.45, 2.75) is 26.3 Å². The van der Waals surface area contributed by atoms with E-state index in [4.69, 9.17) is 0 Å². The first-order valence-corrected chi connectivity index (χ1v) is 5.90. The van der Waals surface area contributed by atoms with Crippen LogP contribution in [-0.4, -0.2) is 41.2 Å². The summed E-state index contributed by atoms with van der Waals surface area (Å²) in [7, 11) is 1.29. The molecule has 0 radical (unpaired) electrons. The van der Waals surface area contributed by atoms with Gasteiger partial charge in [-0.25, -0.2) is 14.6 Å². The van der Waals surface area contributed by atoms with Gasteiger partial charge >= 0.3 is 11.9 Å². The summed E-state index contributed by atoms with van der Waals surface area (Å²) < 4.78 is 4.64. The standard InChI is InChI=1S/C13H18N2O4/c1-5-15(13(2,3)12(17)18)10-8-9(6-7-14-10)11(16)19-4/h6-8H,5H2,1-4H3,(H,17,18). The Labute approximate surface area is 112 Å². The molecule has 1 N–H and O–H groups in total. The lowest BCUT2D eigenvalue weighted by Gasteiger charge is -2.35. The Hall–Kier alpha value is -2.11. The van der Waals surface area contributed by atoms with Gasteiger partial charge in [0.2, 0.25) is 0 Å². The molecule has 0 atom stereocenters. The fourth-order valence-electron chi connectivity index (χ4n) is 1.77. The third-order valence-electron chi connectivity index (χ3n) is 2.96. The predicted octanol–water partition coefficient (Wildman–Crippen LogP) is 1.56. The predicted molar refractivity (Wildman–Crippen MR) is 70.3 cm³/mol. The SMILES string of the molecule is CCN(c1cc(C(=O)OC)ccn1)C(C)(C)C(=O)O. The molecule has 0 aliphatic rings. The summed E-state index contributed by atoms with van der Waals surface area (Å²) in [6.07, 6.45) is 1.46. The number of methoxy groups -OCH3 is 1. The van der Waals surface area contributed by atoms with Crippen molar-refractivity contribution in [2.24, 2.45) is 0 Å². The zero-order valence-electron chi connectivity index (χ0n) is 11.5. The van der Waals surface area contributed by atoms with Gasteiger partial charge in [0.15, 0.2) is 0 Å². The van der Waals surface area contributed by atoms with Crippen LogP contribution in [0.4, 0.5) is 5.82 Å². The molecule has 0 unspecified atom stereocenters. The highest BCUT2D eigenvalue weighted by molar-refractivity contribution is 5.90. The number of ether oxygens (including phenoxy) is 1. The second-order valence-corrected chi connectivity index (χ2v) is 4.50. The molecular formula is C13H18N2O4. The van der Waals surface area contributed by atoms with E-state index in [1.807, 2.05) is 6.92 Å². The van der Waals surface area contributed by atoms with Crippen molar-refractivity contribution in [3.8, 4) is 0 Å². The molecule has 1 aromatic rings. The summed E-state index contributed by atoms with van der Waals surface area (Å²) in [6, 6.07) is 3.05. The first-order valence-electron chi connectivity index (χ1n) is 5.90. The molecule has 19 heavy (non-hydrogen) atoms. The maximum Gasteiger partial charge on any atom is 0.338 e. The molecule has 1 heterocycles. The van der Waals surface area contributed by atoms with Gasteiger partial charge in [-0.1, -0.05) is 0 Å². The van der Waals surface area contributed by atoms with Crippen molar-refractivity contribution < 1.29 is 19.4 Å². The summed E-state index contributed by atoms with van der Waals surface area (Å²) >= 11 is 0. The van der Waals surface area contributed by atoms with E-state index in [1.165, 1.54) is 25.4 Å². The molecule has 1 aromatic heterocycles. The second-order valence-electron chi connectivity index (χ2n) is 4.50. The van der Waals surface area contributed by atoms with Crippen molar-refractivity contribution >= 4 is 17.8 Å². The smallest absolute Gasteiger partial charge is 0.338 e. The van der Waals surface area contributed by atoms with E-state index in [0.29, 0.717) is 17.9 Å². The second kappa shape index (κ2) is 5.69. The minimum atomic E-state index is -1.11. The number of nitrogens with zero attached hydrogens (tertiary/aromatic N) is 2. The Kier molecular flexibility index (Phi) is 4.47. The van der Waals surface area contributed by atoms with Crippen LogP contribution in [0.5, 0.6) is 0 Å². The fraction of sp³-hybridized carbons (Fsp3) is 0.462. The number of aliphatic carboxylic acids is 1. The van der Waals surface area contributed by atoms with Gasteiger partial charge < -0.3 is 14.7 Å². The van der Waals surface area contributed by atoms with Gasteiger partial charge in [-0.3, -0.25) is 0 Å². The van der Waals surface area contributed by atoms with Crippen LogP contribution >= 0.6 is 0 Å². The summed E-state index contributed by atoms with van der Waals surface area (Å²) in [5.74, 6) is -1.01. The van der Waals surface area contributed by atoms with E-state index in [0.717, 1.165) is 0 Å². The maximum atomic E-state index is 11.5. The highest BCUT2D eigenvalue weighted by Gasteiger charge is 2.34. The summed E-state index contributed by atoms with van der Waals surface area (Å²) in [5.41, 5.74) is -0.775. The van der Waals surface area contributed by atoms with E-state index in [1.54, 1.807) is 18.7 Å². The largest absolute Gasteiger partial charge is 0.480 e. The lowest BCUT2D eigenvalue weighted by atomic mass is 10.0. The fourth-order valence-corrected chi connectivity index (χ4v) is 1.77. The molecule has 0 spiro atoms. The van der Waals surface area contributed by atoms with E-state index in [9.17, 15) is 14.7 Å². The van der Waals surface area contributed by atoms with E-state index < -0.39 is 17.5 Å². The van der Waals surface area contributed by atoms with Gasteiger partial charge in [0.25, 0.3) is 0 Å². The molecule has 0 saturated carbocycles. The van der Waals surface area contributed by atoms with Crippen LogP contribution in [0.2, 0.25) is 0 Å². The molecule has 0 aliphatic heterocycles. The van der Waals surface area contributed by atoms with Crippen LogP contribution in [0, 0.1) is 0 Å². The normalized spacial score (nSPS) is 10.9. The average Bonchev–Trinajstić information content (AvgIpc) is 2.38. The van der Waals surface area contributed by atoms with E-state index in [2.05, 4.69) is 9.72 Å². The zero-order valence-corrected chi connectivity index (χ0v) is 11.5. The number of pyridine rings is 1. The zero-order chi connectivity index (χ0) is 14.6. The summed E-state index contributed by atoms with van der Waals surface area (Å²) in [5, 5.41) is 9.27. The molecular weight excluding hydrogens is 248 g/mol. The number of carbonyl (C=O) groups excluding carboxylic acids is 1. The molecule has 0 aromatic carbocycles. The average molecular weight is 266 g/mol. The Morgan fingerprint density at radius 2 is 2.11 bits per heavy atom. The van der Waals surface area contributed by atoms with Gasteiger partial charge in [0.1, 0.15) is 11.4 Å². The molecule has 0 fully saturated rings. The molecule has 0 saturated heterocycles. The number of carboxylic acids is 1. The number of hydrogen-bond acceptors (Lipinski definition) is 5. The number of carboxylic acid groups (broad SMARTS) is 1. The topological polar surface area (TPSA) is 79.7 Å². The van der Waals surface area contributed by atoms with E-state index in [-0.39, 0.29) is 0 Å². The minimum absolute atomic E-state index is 0.340. The molecule has 6 heteroatoms. The lowest BCUT2D eigenvalue weighted by Crippen LogP contribution is -2.50. The number of anilines is 1. The Bertz CT molecular complexity index is 485. The molecule has 104 valence electrons. The van der Waals surface area contributed by atoms with Crippen molar-refractivity contribution in [3.63, 3.8) is 0 Å². The maximum absolute atomic E-state index is 11.5. The summed E-state index contributed by atoms with van der Waals surface area (Å²) in [4.78, 5) is 28.5. The van der Waals surface area contributed by atoms with Crippen molar-refractivity contribution in [3.05, 3.63) is 23.9 Å². The third-order valence-corrected chi connectivity index (χ3v) is 2.96. The van der Waals surface area contributed by atoms with Crippen LogP contribution in [0.1, 0.15) is 31.1 Å². The van der Waals surface area contributed by atoms with Crippen LogP contribution in [-0.2, 0) is 9.53 Å². The lowest BCUT2D eigenvalue weighted by molar-refractivity contribution is -0.142. The molecule has 0 aliphatic carbocycles. The number of hydrogen-bond donors (Lipinski definition) is 1. The highest BCUT2D eigenvalue weighted by Crippen LogP contribution is 2.23. The monoisotopic (exact) mass is 266 g/mol. The first kappa shape index (κ1) is 14.9. The molecule has 1 rings (SSSR count). The number of likely N-dealkylation sites (N-methyl/N-ethyl adjacent to an activating group) is 1. The first-order chi connectivity index (χ1) is 8.84. The van der Waals surface area contributed by atoms with Gasteiger partial charge in [-0.05, 0) is 32.9 Å². The van der Waals surface area contributed by atoms with Gasteiger partial charge in [0.05, 0.1) is 12.7 Å². The highest BCUT2D eigenvalue weighted by atomic mass is 16.5. The van der Waals surface area contributed by atoms with Gasteiger partial charge in [-0.15, -0.1) is 0 Å². The minimum Gasteiger partial charge on any atom is -0.480 e. The van der Waals surface area contributed by atoms with Crippen LogP contribution < -0.4 is 4.90 Å². The van der Waals surface area contributed by atoms with Gasteiger partial charge in [0, 0.05) is 12.7 Å². The number of esters is 1. The number of rotatable bonds is 5. The molecule has 0 bridgehead atoms. The quantitative estimate of drug-likeness (QED) is 0.815. The molecule has 6 nitrogen and oxygen atoms in total. The number of carbonyl (C=O) groups is 2. The van der Waals surface area contributed by atoms with Crippen LogP contribution in [0.3, 0.4) is 0 Å². The Morgan fingerprint density at radius 3 is 2.58 bits per heavy atom. The van der Waals surface area contributed by atoms with E-state index >= 15 is 0 Å². The van der Waals surface area contributed by atoms with Crippen molar-refractivity contribution in [2.75, 3.05) is 18.6 Å². The Morgan fingerprint density at radius 1 is 1.47 bits per heavy atom. The third kappa shape index (κ3) is 3.01. The van der Waals surface area contributed by atoms with Crippen molar-refractivity contribution in [1.82, 2.24) is 4.98 Å². The van der Waals surface area contributed by atoms with Gasteiger partial charge in [-0.2, -0.15) is 0 Å². The Balaban J connectivity index is 3.20. The van der Waals surface area contributed by atoms with Crippen molar-refractivity contribution in [1.29, 1.82) is 0 Å². The number of aromatic nitrogens is 1. The molecule has 0 amide bonds. The summed E-state index contributed by atoms with van der Waals surface area (Å²) in [6.45, 7) is 5.46. The van der Waals surface area contributed by atoms with Crippen LogP contribution in [0.15, 0.2) is 18.3 Å².